The summed E-state index contributed by atoms with van der Waals surface area (Å²) in [6.07, 6.45) is 3.36. The number of hydrogen-bond donors (Lipinski definition) is 2. The van der Waals surface area contributed by atoms with E-state index in [1.54, 1.807) is 31.1 Å². The Balaban J connectivity index is 1.64. The number of nitrogens with one attached hydrogen (secondary N) is 2. The second kappa shape index (κ2) is 9.74. The van der Waals surface area contributed by atoms with Crippen LogP contribution in [0.1, 0.15) is 47.7 Å². The molecule has 30 heavy (non-hydrogen) atoms. The molecule has 1 amide bonds. The summed E-state index contributed by atoms with van der Waals surface area (Å²) in [4.78, 5) is 18.3. The molecule has 2 N–H and O–H groups in total. The summed E-state index contributed by atoms with van der Waals surface area (Å²) in [5.41, 5.74) is 2.93. The Hall–Kier alpha value is -2.89. The SMILES string of the molecule is CCNC(=NCc1ccc(C(=O)N(C)C)cc1)NCC1(c2ccc(F)cc2)CCC1. The van der Waals surface area contributed by atoms with E-state index in [-0.39, 0.29) is 17.1 Å². The maximum atomic E-state index is 13.3. The van der Waals surface area contributed by atoms with Gasteiger partial charge >= 0.3 is 0 Å². The van der Waals surface area contributed by atoms with E-state index in [2.05, 4.69) is 10.6 Å². The molecular formula is C24H31FN4O. The van der Waals surface area contributed by atoms with Crippen molar-refractivity contribution in [3.63, 3.8) is 0 Å². The van der Waals surface area contributed by atoms with Crippen molar-refractivity contribution in [2.75, 3.05) is 27.2 Å². The molecule has 0 aliphatic heterocycles. The third-order valence-electron chi connectivity index (χ3n) is 5.73. The van der Waals surface area contributed by atoms with E-state index < -0.39 is 0 Å². The zero-order valence-electron chi connectivity index (χ0n) is 18.0. The van der Waals surface area contributed by atoms with Crippen molar-refractivity contribution >= 4 is 11.9 Å². The number of halogens is 1. The number of nitrogens with zero attached hydrogens (tertiary/aromatic N) is 2. The summed E-state index contributed by atoms with van der Waals surface area (Å²) in [6.45, 7) is 4.10. The van der Waals surface area contributed by atoms with Crippen molar-refractivity contribution in [1.82, 2.24) is 15.5 Å². The average molecular weight is 411 g/mol. The van der Waals surface area contributed by atoms with Gasteiger partial charge < -0.3 is 15.5 Å². The maximum Gasteiger partial charge on any atom is 0.253 e. The van der Waals surface area contributed by atoms with E-state index in [4.69, 9.17) is 4.99 Å². The summed E-state index contributed by atoms with van der Waals surface area (Å²) in [7, 11) is 3.49. The van der Waals surface area contributed by atoms with Gasteiger partial charge in [-0.15, -0.1) is 0 Å². The minimum Gasteiger partial charge on any atom is -0.357 e. The second-order valence-electron chi connectivity index (χ2n) is 8.09. The number of guanidine groups is 1. The minimum absolute atomic E-state index is 0.00773. The molecule has 160 valence electrons. The Kier molecular flexibility index (Phi) is 7.08. The number of amides is 1. The highest BCUT2D eigenvalue weighted by Crippen LogP contribution is 2.43. The summed E-state index contributed by atoms with van der Waals surface area (Å²) in [6, 6.07) is 14.4. The molecule has 1 aliphatic carbocycles. The van der Waals surface area contributed by atoms with Gasteiger partial charge in [-0.1, -0.05) is 30.7 Å². The third kappa shape index (κ3) is 5.17. The van der Waals surface area contributed by atoms with Crippen molar-refractivity contribution in [2.45, 2.75) is 38.1 Å². The quantitative estimate of drug-likeness (QED) is 0.541. The van der Waals surface area contributed by atoms with Crippen LogP contribution in [0.25, 0.3) is 0 Å². The molecule has 1 fully saturated rings. The standard InChI is InChI=1S/C24H31FN4O/c1-4-26-23(27-16-18-6-8-19(9-7-18)22(30)29(2)3)28-17-24(14-5-15-24)20-10-12-21(25)13-11-20/h6-13H,4-5,14-17H2,1-3H3,(H2,26,27,28). The first-order chi connectivity index (χ1) is 14.4. The lowest BCUT2D eigenvalue weighted by atomic mass is 9.64. The predicted molar refractivity (Wildman–Crippen MR) is 119 cm³/mol. The van der Waals surface area contributed by atoms with Crippen LogP contribution < -0.4 is 10.6 Å². The topological polar surface area (TPSA) is 56.7 Å². The molecule has 2 aromatic carbocycles. The summed E-state index contributed by atoms with van der Waals surface area (Å²) in [5.74, 6) is 0.556. The zero-order valence-corrected chi connectivity index (χ0v) is 18.0. The first kappa shape index (κ1) is 21.8. The number of benzene rings is 2. The van der Waals surface area contributed by atoms with Gasteiger partial charge in [-0.25, -0.2) is 9.38 Å². The van der Waals surface area contributed by atoms with E-state index in [0.29, 0.717) is 12.1 Å². The second-order valence-corrected chi connectivity index (χ2v) is 8.09. The van der Waals surface area contributed by atoms with Gasteiger partial charge in [-0.2, -0.15) is 0 Å². The summed E-state index contributed by atoms with van der Waals surface area (Å²) < 4.78 is 13.3. The van der Waals surface area contributed by atoms with E-state index in [0.717, 1.165) is 37.5 Å². The van der Waals surface area contributed by atoms with Crippen molar-refractivity contribution in [3.8, 4) is 0 Å². The molecule has 0 unspecified atom stereocenters. The van der Waals surface area contributed by atoms with Gasteiger partial charge in [0.15, 0.2) is 5.96 Å². The van der Waals surface area contributed by atoms with Gasteiger partial charge in [0.1, 0.15) is 5.82 Å². The van der Waals surface area contributed by atoms with E-state index in [1.165, 1.54) is 12.0 Å². The first-order valence-corrected chi connectivity index (χ1v) is 10.5. The van der Waals surface area contributed by atoms with Gasteiger partial charge in [0.05, 0.1) is 6.54 Å². The smallest absolute Gasteiger partial charge is 0.253 e. The molecule has 6 heteroatoms. The van der Waals surface area contributed by atoms with Crippen LogP contribution in [0.2, 0.25) is 0 Å². The molecule has 0 heterocycles. The Morgan fingerprint density at radius 2 is 1.73 bits per heavy atom. The highest BCUT2D eigenvalue weighted by atomic mass is 19.1. The number of carbonyl (C=O) groups excluding carboxylic acids is 1. The number of aliphatic imine (C=N–C) groups is 1. The van der Waals surface area contributed by atoms with Crippen LogP contribution in [0.5, 0.6) is 0 Å². The van der Waals surface area contributed by atoms with E-state index >= 15 is 0 Å². The van der Waals surface area contributed by atoms with Gasteiger partial charge in [0.2, 0.25) is 0 Å². The fourth-order valence-electron chi connectivity index (χ4n) is 3.75. The molecule has 0 bridgehead atoms. The lowest BCUT2D eigenvalue weighted by molar-refractivity contribution is 0.0827. The Bertz CT molecular complexity index is 871. The molecular weight excluding hydrogens is 379 g/mol. The van der Waals surface area contributed by atoms with Crippen molar-refractivity contribution < 1.29 is 9.18 Å². The van der Waals surface area contributed by atoms with Crippen LogP contribution >= 0.6 is 0 Å². The lowest BCUT2D eigenvalue weighted by Crippen LogP contribution is -2.48. The monoisotopic (exact) mass is 410 g/mol. The van der Waals surface area contributed by atoms with Gasteiger partial charge in [-0.05, 0) is 55.2 Å². The Morgan fingerprint density at radius 3 is 2.27 bits per heavy atom. The molecule has 3 rings (SSSR count). The fourth-order valence-corrected chi connectivity index (χ4v) is 3.75. The third-order valence-corrected chi connectivity index (χ3v) is 5.73. The normalized spacial score (nSPS) is 15.3. The highest BCUT2D eigenvalue weighted by Gasteiger charge is 2.38. The molecule has 0 aromatic heterocycles. The fraction of sp³-hybridized carbons (Fsp3) is 0.417. The summed E-state index contributed by atoms with van der Waals surface area (Å²) >= 11 is 0. The van der Waals surface area contributed by atoms with Crippen molar-refractivity contribution in [1.29, 1.82) is 0 Å². The van der Waals surface area contributed by atoms with E-state index in [9.17, 15) is 9.18 Å². The van der Waals surface area contributed by atoms with Gasteiger partial charge in [0.25, 0.3) is 5.91 Å². The Labute approximate surface area is 178 Å². The minimum atomic E-state index is -0.200. The molecule has 2 aromatic rings. The molecule has 1 aliphatic rings. The highest BCUT2D eigenvalue weighted by molar-refractivity contribution is 5.93. The van der Waals surface area contributed by atoms with Crippen LogP contribution in [0.15, 0.2) is 53.5 Å². The number of hydrogen-bond acceptors (Lipinski definition) is 2. The Morgan fingerprint density at radius 1 is 1.07 bits per heavy atom. The molecule has 0 radical (unpaired) electrons. The van der Waals surface area contributed by atoms with Gasteiger partial charge in [-0.3, -0.25) is 4.79 Å². The predicted octanol–water partition coefficient (Wildman–Crippen LogP) is 3.70. The van der Waals surface area contributed by atoms with E-state index in [1.807, 2.05) is 43.3 Å². The van der Waals surface area contributed by atoms with Crippen LogP contribution in [0.4, 0.5) is 4.39 Å². The zero-order chi connectivity index (χ0) is 21.6. The summed E-state index contributed by atoms with van der Waals surface area (Å²) in [5, 5.41) is 6.77. The van der Waals surface area contributed by atoms with Crippen LogP contribution in [0.3, 0.4) is 0 Å². The molecule has 0 saturated heterocycles. The van der Waals surface area contributed by atoms with Crippen molar-refractivity contribution in [2.24, 2.45) is 4.99 Å². The van der Waals surface area contributed by atoms with Crippen LogP contribution in [0, 0.1) is 5.82 Å². The van der Waals surface area contributed by atoms with Crippen LogP contribution in [-0.4, -0.2) is 44.0 Å². The molecule has 5 nitrogen and oxygen atoms in total. The maximum absolute atomic E-state index is 13.3. The number of rotatable bonds is 7. The van der Waals surface area contributed by atoms with Gasteiger partial charge in [0, 0.05) is 38.2 Å². The average Bonchev–Trinajstić information content (AvgIpc) is 2.72. The van der Waals surface area contributed by atoms with Crippen molar-refractivity contribution in [3.05, 3.63) is 71.0 Å². The van der Waals surface area contributed by atoms with Crippen LogP contribution in [-0.2, 0) is 12.0 Å². The molecule has 0 atom stereocenters. The molecule has 1 saturated carbocycles. The largest absolute Gasteiger partial charge is 0.357 e. The lowest BCUT2D eigenvalue weighted by Gasteiger charge is -2.43. The first-order valence-electron chi connectivity index (χ1n) is 10.5. The molecule has 0 spiro atoms. The number of carbonyl (C=O) groups is 1.